The van der Waals surface area contributed by atoms with Gasteiger partial charge in [0.2, 0.25) is 0 Å². The fourth-order valence-electron chi connectivity index (χ4n) is 1.71. The van der Waals surface area contributed by atoms with E-state index in [0.717, 1.165) is 17.8 Å². The van der Waals surface area contributed by atoms with Crippen LogP contribution in [-0.2, 0) is 15.1 Å². The third-order valence-electron chi connectivity index (χ3n) is 2.91. The van der Waals surface area contributed by atoms with E-state index in [1.54, 1.807) is 19.4 Å². The summed E-state index contributed by atoms with van der Waals surface area (Å²) in [5.74, 6) is -0.368. The van der Waals surface area contributed by atoms with E-state index in [-0.39, 0.29) is 11.6 Å². The van der Waals surface area contributed by atoms with Gasteiger partial charge in [0.15, 0.2) is 5.69 Å². The first-order valence-electron chi connectivity index (χ1n) is 5.81. The summed E-state index contributed by atoms with van der Waals surface area (Å²) in [6, 6.07) is 0. The second kappa shape index (κ2) is 6.12. The van der Waals surface area contributed by atoms with Gasteiger partial charge in [-0.15, -0.1) is 11.3 Å². The summed E-state index contributed by atoms with van der Waals surface area (Å²) in [5, 5.41) is 2.57. The molecule has 0 radical (unpaired) electrons. The molecule has 0 bridgehead atoms. The minimum absolute atomic E-state index is 0.364. The normalized spacial score (nSPS) is 11.5. The zero-order valence-electron chi connectivity index (χ0n) is 10.8. The van der Waals surface area contributed by atoms with Gasteiger partial charge in [-0.25, -0.2) is 9.78 Å². The lowest BCUT2D eigenvalue weighted by molar-refractivity contribution is -0.0220. The van der Waals surface area contributed by atoms with Crippen molar-refractivity contribution in [1.29, 1.82) is 0 Å². The van der Waals surface area contributed by atoms with Gasteiger partial charge < -0.3 is 9.47 Å². The summed E-state index contributed by atoms with van der Waals surface area (Å²) in [7, 11) is 1.68. The van der Waals surface area contributed by atoms with Gasteiger partial charge in [-0.1, -0.05) is 13.8 Å². The largest absolute Gasteiger partial charge is 0.461 e. The number of ether oxygens (including phenoxy) is 2. The number of carbonyl (C=O) groups excluding carboxylic acids is 1. The molecule has 5 heteroatoms. The van der Waals surface area contributed by atoms with E-state index < -0.39 is 0 Å². The Morgan fingerprint density at radius 3 is 2.53 bits per heavy atom. The highest BCUT2D eigenvalue weighted by molar-refractivity contribution is 7.10. The van der Waals surface area contributed by atoms with Gasteiger partial charge in [0.05, 0.1) is 6.61 Å². The van der Waals surface area contributed by atoms with Crippen molar-refractivity contribution in [1.82, 2.24) is 4.98 Å². The van der Waals surface area contributed by atoms with Crippen LogP contribution in [0.2, 0.25) is 0 Å². The average molecular weight is 257 g/mol. The molecule has 0 saturated carbocycles. The van der Waals surface area contributed by atoms with Gasteiger partial charge in [-0.05, 0) is 19.8 Å². The van der Waals surface area contributed by atoms with E-state index in [9.17, 15) is 4.79 Å². The van der Waals surface area contributed by atoms with E-state index in [1.165, 1.54) is 11.3 Å². The van der Waals surface area contributed by atoms with E-state index in [4.69, 9.17) is 9.47 Å². The van der Waals surface area contributed by atoms with Gasteiger partial charge in [-0.3, -0.25) is 0 Å². The van der Waals surface area contributed by atoms with Crippen molar-refractivity contribution in [3.63, 3.8) is 0 Å². The first kappa shape index (κ1) is 14.1. The van der Waals surface area contributed by atoms with Crippen molar-refractivity contribution in [3.05, 3.63) is 16.1 Å². The van der Waals surface area contributed by atoms with Crippen LogP contribution in [0.4, 0.5) is 0 Å². The maximum Gasteiger partial charge on any atom is 0.357 e. The van der Waals surface area contributed by atoms with E-state index in [2.05, 4.69) is 18.8 Å². The van der Waals surface area contributed by atoms with Crippen LogP contribution in [0, 0.1) is 0 Å². The van der Waals surface area contributed by atoms with Crippen LogP contribution in [0.1, 0.15) is 49.1 Å². The summed E-state index contributed by atoms with van der Waals surface area (Å²) in [6.45, 7) is 6.25. The second-order valence-corrected chi connectivity index (χ2v) is 4.52. The summed E-state index contributed by atoms with van der Waals surface area (Å²) in [5.41, 5.74) is -0.00902. The Morgan fingerprint density at radius 1 is 1.41 bits per heavy atom. The number of carbonyl (C=O) groups is 1. The number of rotatable bonds is 6. The SMILES string of the molecule is CCOC(=O)c1csc(C(CC)(CC)OC)n1. The number of methoxy groups -OCH3 is 1. The minimum Gasteiger partial charge on any atom is -0.461 e. The molecule has 0 aliphatic carbocycles. The van der Waals surface area contributed by atoms with Crippen LogP contribution in [-0.4, -0.2) is 24.7 Å². The van der Waals surface area contributed by atoms with Crippen molar-refractivity contribution in [2.45, 2.75) is 39.2 Å². The highest BCUT2D eigenvalue weighted by atomic mass is 32.1. The predicted molar refractivity (Wildman–Crippen MR) is 67.3 cm³/mol. The average Bonchev–Trinajstić information content (AvgIpc) is 2.83. The molecule has 0 unspecified atom stereocenters. The fourth-order valence-corrected chi connectivity index (χ4v) is 2.82. The molecule has 1 rings (SSSR count). The molecule has 1 heterocycles. The van der Waals surface area contributed by atoms with Crippen molar-refractivity contribution in [2.24, 2.45) is 0 Å². The smallest absolute Gasteiger partial charge is 0.357 e. The molecular formula is C12H19NO3S. The first-order valence-corrected chi connectivity index (χ1v) is 6.69. The summed E-state index contributed by atoms with van der Waals surface area (Å²) < 4.78 is 10.5. The summed E-state index contributed by atoms with van der Waals surface area (Å²) in [6.07, 6.45) is 1.66. The van der Waals surface area contributed by atoms with Gasteiger partial charge in [-0.2, -0.15) is 0 Å². The molecular weight excluding hydrogens is 238 g/mol. The third-order valence-corrected chi connectivity index (χ3v) is 3.94. The summed E-state index contributed by atoms with van der Waals surface area (Å²) in [4.78, 5) is 15.9. The maximum atomic E-state index is 11.5. The Bertz CT molecular complexity index is 363. The van der Waals surface area contributed by atoms with Gasteiger partial charge in [0, 0.05) is 12.5 Å². The molecule has 0 spiro atoms. The molecule has 0 aliphatic heterocycles. The molecule has 0 amide bonds. The Kier molecular flexibility index (Phi) is 5.08. The van der Waals surface area contributed by atoms with Gasteiger partial charge >= 0.3 is 5.97 Å². The van der Waals surface area contributed by atoms with Crippen LogP contribution in [0.5, 0.6) is 0 Å². The quantitative estimate of drug-likeness (QED) is 0.735. The molecule has 17 heavy (non-hydrogen) atoms. The lowest BCUT2D eigenvalue weighted by Gasteiger charge is -2.27. The molecule has 1 aromatic rings. The van der Waals surface area contributed by atoms with Crippen LogP contribution >= 0.6 is 11.3 Å². The van der Waals surface area contributed by atoms with Crippen molar-refractivity contribution in [3.8, 4) is 0 Å². The highest BCUT2D eigenvalue weighted by Gasteiger charge is 2.32. The first-order chi connectivity index (χ1) is 8.13. The topological polar surface area (TPSA) is 48.4 Å². The number of hydrogen-bond donors (Lipinski definition) is 0. The number of hydrogen-bond acceptors (Lipinski definition) is 5. The third kappa shape index (κ3) is 2.84. The molecule has 0 saturated heterocycles. The standard InChI is InChI=1S/C12H19NO3S/c1-5-12(6-2,15-4)11-13-9(8-17-11)10(14)16-7-3/h8H,5-7H2,1-4H3. The van der Waals surface area contributed by atoms with E-state index in [1.807, 2.05) is 0 Å². The molecule has 96 valence electrons. The lowest BCUT2D eigenvalue weighted by Crippen LogP contribution is -2.26. The maximum absolute atomic E-state index is 11.5. The van der Waals surface area contributed by atoms with Crippen LogP contribution < -0.4 is 0 Å². The second-order valence-electron chi connectivity index (χ2n) is 3.66. The Balaban J connectivity index is 2.96. The molecule has 4 nitrogen and oxygen atoms in total. The highest BCUT2D eigenvalue weighted by Crippen LogP contribution is 2.34. The summed E-state index contributed by atoms with van der Waals surface area (Å²) >= 11 is 1.45. The van der Waals surface area contributed by atoms with Crippen LogP contribution in [0.25, 0.3) is 0 Å². The van der Waals surface area contributed by atoms with Crippen molar-refractivity contribution in [2.75, 3.05) is 13.7 Å². The molecule has 0 aromatic carbocycles. The minimum atomic E-state index is -0.380. The van der Waals surface area contributed by atoms with Crippen molar-refractivity contribution >= 4 is 17.3 Å². The molecule has 0 atom stereocenters. The Morgan fingerprint density at radius 2 is 2.06 bits per heavy atom. The predicted octanol–water partition coefficient (Wildman–Crippen LogP) is 2.98. The Hall–Kier alpha value is -0.940. The molecule has 0 fully saturated rings. The number of esters is 1. The number of aromatic nitrogens is 1. The number of nitrogens with zero attached hydrogens (tertiary/aromatic N) is 1. The van der Waals surface area contributed by atoms with Gasteiger partial charge in [0.25, 0.3) is 0 Å². The van der Waals surface area contributed by atoms with Gasteiger partial charge in [0.1, 0.15) is 10.6 Å². The van der Waals surface area contributed by atoms with Crippen LogP contribution in [0.3, 0.4) is 0 Å². The zero-order chi connectivity index (χ0) is 12.9. The molecule has 0 aliphatic rings. The van der Waals surface area contributed by atoms with Crippen LogP contribution in [0.15, 0.2) is 5.38 Å². The monoisotopic (exact) mass is 257 g/mol. The van der Waals surface area contributed by atoms with E-state index >= 15 is 0 Å². The van der Waals surface area contributed by atoms with E-state index in [0.29, 0.717) is 12.3 Å². The number of thiazole rings is 1. The Labute approximate surface area is 106 Å². The fraction of sp³-hybridized carbons (Fsp3) is 0.667. The lowest BCUT2D eigenvalue weighted by atomic mass is 9.98. The molecule has 0 N–H and O–H groups in total. The molecule has 1 aromatic heterocycles. The van der Waals surface area contributed by atoms with Crippen molar-refractivity contribution < 1.29 is 14.3 Å². The zero-order valence-corrected chi connectivity index (χ0v) is 11.6.